The van der Waals surface area contributed by atoms with E-state index in [1.54, 1.807) is 0 Å². The summed E-state index contributed by atoms with van der Waals surface area (Å²) in [5.41, 5.74) is 3.71. The molecule has 1 aliphatic heterocycles. The maximum absolute atomic E-state index is 5.52. The summed E-state index contributed by atoms with van der Waals surface area (Å²) < 4.78 is 0. The molecule has 1 aliphatic rings. The van der Waals surface area contributed by atoms with E-state index in [0.29, 0.717) is 0 Å². The van der Waals surface area contributed by atoms with Crippen LogP contribution in [0.1, 0.15) is 44.0 Å². The molecular formula is C14H25N5. The van der Waals surface area contributed by atoms with Crippen molar-refractivity contribution in [3.63, 3.8) is 0 Å². The fourth-order valence-corrected chi connectivity index (χ4v) is 2.90. The lowest BCUT2D eigenvalue weighted by atomic mass is 9.92. The van der Waals surface area contributed by atoms with Crippen LogP contribution in [0.15, 0.2) is 0 Å². The number of nitrogen functional groups attached to an aromatic ring is 1. The number of hydrazine groups is 1. The minimum absolute atomic E-state index is 0.734. The minimum atomic E-state index is 0.734. The van der Waals surface area contributed by atoms with Gasteiger partial charge in [0.25, 0.3) is 0 Å². The zero-order chi connectivity index (χ0) is 13.8. The molecule has 5 nitrogen and oxygen atoms in total. The van der Waals surface area contributed by atoms with E-state index in [0.717, 1.165) is 42.0 Å². The second kappa shape index (κ2) is 6.19. The first-order valence-corrected chi connectivity index (χ1v) is 7.22. The van der Waals surface area contributed by atoms with Gasteiger partial charge in [-0.3, -0.25) is 0 Å². The van der Waals surface area contributed by atoms with Crippen LogP contribution in [0.25, 0.3) is 0 Å². The summed E-state index contributed by atoms with van der Waals surface area (Å²) in [7, 11) is 0. The Morgan fingerprint density at radius 1 is 1.26 bits per heavy atom. The number of nitrogens with two attached hydrogens (primary N) is 1. The molecule has 5 heteroatoms. The van der Waals surface area contributed by atoms with Gasteiger partial charge in [0.2, 0.25) is 0 Å². The first-order chi connectivity index (χ1) is 9.15. The van der Waals surface area contributed by atoms with E-state index in [1.165, 1.54) is 25.7 Å². The van der Waals surface area contributed by atoms with Gasteiger partial charge in [-0.25, -0.2) is 15.8 Å². The van der Waals surface area contributed by atoms with Crippen molar-refractivity contribution in [1.82, 2.24) is 9.97 Å². The molecule has 0 atom stereocenters. The van der Waals surface area contributed by atoms with Crippen molar-refractivity contribution < 1.29 is 0 Å². The van der Waals surface area contributed by atoms with Crippen LogP contribution in [-0.2, 0) is 0 Å². The van der Waals surface area contributed by atoms with Gasteiger partial charge in [-0.2, -0.15) is 0 Å². The number of piperidine rings is 1. The molecule has 0 saturated carbocycles. The van der Waals surface area contributed by atoms with E-state index in [4.69, 9.17) is 5.84 Å². The van der Waals surface area contributed by atoms with Gasteiger partial charge in [0.15, 0.2) is 0 Å². The highest BCUT2D eigenvalue weighted by atomic mass is 15.3. The quantitative estimate of drug-likeness (QED) is 0.645. The Balaban J connectivity index is 2.13. The third-order valence-electron chi connectivity index (χ3n) is 3.98. The summed E-state index contributed by atoms with van der Waals surface area (Å²) in [6, 6.07) is 0. The summed E-state index contributed by atoms with van der Waals surface area (Å²) in [5, 5.41) is 0. The third kappa shape index (κ3) is 3.15. The first kappa shape index (κ1) is 14.1. The highest BCUT2D eigenvalue weighted by Gasteiger charge is 2.22. The number of aromatic nitrogens is 2. The van der Waals surface area contributed by atoms with E-state index < -0.39 is 0 Å². The first-order valence-electron chi connectivity index (χ1n) is 7.22. The molecule has 0 amide bonds. The van der Waals surface area contributed by atoms with Gasteiger partial charge in [0, 0.05) is 18.7 Å². The topological polar surface area (TPSA) is 67.1 Å². The fraction of sp³-hybridized carbons (Fsp3) is 0.714. The van der Waals surface area contributed by atoms with Gasteiger partial charge in [-0.15, -0.1) is 0 Å². The molecule has 0 bridgehead atoms. The summed E-state index contributed by atoms with van der Waals surface area (Å²) in [4.78, 5) is 11.3. The molecule has 0 spiro atoms. The van der Waals surface area contributed by atoms with Gasteiger partial charge < -0.3 is 10.3 Å². The molecule has 0 aliphatic carbocycles. The van der Waals surface area contributed by atoms with E-state index in [1.807, 2.05) is 13.8 Å². The predicted molar refractivity (Wildman–Crippen MR) is 79.2 cm³/mol. The molecule has 1 aromatic rings. The number of hydrogen-bond donors (Lipinski definition) is 2. The van der Waals surface area contributed by atoms with Gasteiger partial charge in [0.05, 0.1) is 0 Å². The summed E-state index contributed by atoms with van der Waals surface area (Å²) in [5.74, 6) is 8.95. The van der Waals surface area contributed by atoms with Gasteiger partial charge in [0.1, 0.15) is 17.5 Å². The van der Waals surface area contributed by atoms with Gasteiger partial charge >= 0.3 is 0 Å². The average molecular weight is 263 g/mol. The number of rotatable bonds is 4. The normalized spacial score (nSPS) is 16.7. The molecule has 1 aromatic heterocycles. The number of nitrogens with one attached hydrogen (secondary N) is 1. The van der Waals surface area contributed by atoms with Crippen molar-refractivity contribution in [3.05, 3.63) is 11.4 Å². The molecule has 0 unspecified atom stereocenters. The molecule has 106 valence electrons. The van der Waals surface area contributed by atoms with Crippen LogP contribution < -0.4 is 16.2 Å². The van der Waals surface area contributed by atoms with Crippen molar-refractivity contribution in [2.45, 2.75) is 46.5 Å². The van der Waals surface area contributed by atoms with Crippen molar-refractivity contribution in [2.75, 3.05) is 23.4 Å². The standard InChI is InChI=1S/C14H25N5/c1-4-5-12-6-8-19(9-7-12)14-10(2)13(18-15)16-11(3)17-14/h12H,4-9,15H2,1-3H3,(H,16,17,18). The Morgan fingerprint density at radius 3 is 2.53 bits per heavy atom. The Hall–Kier alpha value is -1.36. The minimum Gasteiger partial charge on any atom is -0.356 e. The molecule has 0 radical (unpaired) electrons. The molecule has 2 heterocycles. The lowest BCUT2D eigenvalue weighted by Crippen LogP contribution is -2.35. The fourth-order valence-electron chi connectivity index (χ4n) is 2.90. The molecule has 2 rings (SSSR count). The van der Waals surface area contributed by atoms with E-state index in [2.05, 4.69) is 27.2 Å². The van der Waals surface area contributed by atoms with Crippen LogP contribution >= 0.6 is 0 Å². The monoisotopic (exact) mass is 263 g/mol. The maximum atomic E-state index is 5.52. The number of hydrogen-bond acceptors (Lipinski definition) is 5. The Bertz CT molecular complexity index is 424. The molecular weight excluding hydrogens is 238 g/mol. The van der Waals surface area contributed by atoms with Crippen LogP contribution in [0.2, 0.25) is 0 Å². The second-order valence-electron chi connectivity index (χ2n) is 5.43. The Morgan fingerprint density at radius 2 is 1.95 bits per heavy atom. The van der Waals surface area contributed by atoms with Crippen LogP contribution in [0, 0.1) is 19.8 Å². The number of aryl methyl sites for hydroxylation is 1. The van der Waals surface area contributed by atoms with Crippen LogP contribution in [0.4, 0.5) is 11.6 Å². The molecule has 1 fully saturated rings. The molecule has 0 aromatic carbocycles. The largest absolute Gasteiger partial charge is 0.356 e. The third-order valence-corrected chi connectivity index (χ3v) is 3.98. The smallest absolute Gasteiger partial charge is 0.148 e. The molecule has 19 heavy (non-hydrogen) atoms. The highest BCUT2D eigenvalue weighted by molar-refractivity contribution is 5.58. The van der Waals surface area contributed by atoms with Crippen LogP contribution in [0.3, 0.4) is 0 Å². The van der Waals surface area contributed by atoms with E-state index >= 15 is 0 Å². The Kier molecular flexibility index (Phi) is 4.58. The molecule has 3 N–H and O–H groups in total. The van der Waals surface area contributed by atoms with Crippen LogP contribution in [0.5, 0.6) is 0 Å². The second-order valence-corrected chi connectivity index (χ2v) is 5.43. The maximum Gasteiger partial charge on any atom is 0.148 e. The summed E-state index contributed by atoms with van der Waals surface area (Å²) in [6.45, 7) is 8.39. The van der Waals surface area contributed by atoms with E-state index in [9.17, 15) is 0 Å². The van der Waals surface area contributed by atoms with Crippen molar-refractivity contribution in [2.24, 2.45) is 11.8 Å². The zero-order valence-corrected chi connectivity index (χ0v) is 12.2. The zero-order valence-electron chi connectivity index (χ0n) is 12.2. The number of nitrogens with zero attached hydrogens (tertiary/aromatic N) is 3. The highest BCUT2D eigenvalue weighted by Crippen LogP contribution is 2.28. The SMILES string of the molecule is CCCC1CCN(c2nc(C)nc(NN)c2C)CC1. The van der Waals surface area contributed by atoms with Crippen LogP contribution in [-0.4, -0.2) is 23.1 Å². The average Bonchev–Trinajstić information content (AvgIpc) is 2.42. The van der Waals surface area contributed by atoms with Crippen molar-refractivity contribution in [1.29, 1.82) is 0 Å². The molecule has 1 saturated heterocycles. The van der Waals surface area contributed by atoms with E-state index in [-0.39, 0.29) is 0 Å². The van der Waals surface area contributed by atoms with Crippen molar-refractivity contribution in [3.8, 4) is 0 Å². The summed E-state index contributed by atoms with van der Waals surface area (Å²) in [6.07, 6.45) is 5.17. The lowest BCUT2D eigenvalue weighted by molar-refractivity contribution is 0.377. The summed E-state index contributed by atoms with van der Waals surface area (Å²) >= 11 is 0. The van der Waals surface area contributed by atoms with Gasteiger partial charge in [-0.05, 0) is 32.6 Å². The Labute approximate surface area is 115 Å². The number of anilines is 2. The van der Waals surface area contributed by atoms with Gasteiger partial charge in [-0.1, -0.05) is 19.8 Å². The van der Waals surface area contributed by atoms with Crippen molar-refractivity contribution >= 4 is 11.6 Å². The predicted octanol–water partition coefficient (Wildman–Crippen LogP) is 2.40. The lowest BCUT2D eigenvalue weighted by Gasteiger charge is -2.33.